The number of nitrogens with one attached hydrogen (secondary N) is 1. The van der Waals surface area contributed by atoms with Crippen molar-refractivity contribution in [3.8, 4) is 0 Å². The minimum absolute atomic E-state index is 0.493. The Labute approximate surface area is 133 Å². The van der Waals surface area contributed by atoms with Crippen LogP contribution in [-0.2, 0) is 0 Å². The largest absolute Gasteiger partial charge is 0.313 e. The summed E-state index contributed by atoms with van der Waals surface area (Å²) in [6.45, 7) is 2.28. The van der Waals surface area contributed by atoms with Crippen molar-refractivity contribution >= 4 is 15.9 Å². The highest BCUT2D eigenvalue weighted by atomic mass is 79.9. The number of halogens is 1. The molecule has 1 rings (SSSR count). The first-order valence-corrected chi connectivity index (χ1v) is 9.00. The van der Waals surface area contributed by atoms with E-state index in [4.69, 9.17) is 0 Å². The van der Waals surface area contributed by atoms with Crippen LogP contribution in [0.2, 0.25) is 0 Å². The maximum atomic E-state index is 3.55. The molecule has 1 N–H and O–H groups in total. The molecule has 0 saturated heterocycles. The molecule has 0 saturated carbocycles. The second-order valence-corrected chi connectivity index (χ2v) is 6.58. The van der Waals surface area contributed by atoms with E-state index in [1.165, 1.54) is 67.8 Å². The van der Waals surface area contributed by atoms with Crippen LogP contribution in [0.25, 0.3) is 0 Å². The summed E-state index contributed by atoms with van der Waals surface area (Å²) in [5.74, 6) is 0. The fourth-order valence-electron chi connectivity index (χ4n) is 2.68. The van der Waals surface area contributed by atoms with Crippen molar-refractivity contribution in [1.82, 2.24) is 5.32 Å². The summed E-state index contributed by atoms with van der Waals surface area (Å²) in [6.07, 6.45) is 12.4. The van der Waals surface area contributed by atoms with Crippen LogP contribution < -0.4 is 5.32 Å². The lowest BCUT2D eigenvalue weighted by molar-refractivity contribution is 0.494. The standard InChI is InChI=1S/C18H30BrN/c1-3-4-5-6-7-8-9-10-14-18(20-2)16-12-11-13-17(19)15-16/h11-13,15,18,20H,3-10,14H2,1-2H3. The van der Waals surface area contributed by atoms with E-state index in [-0.39, 0.29) is 0 Å². The van der Waals surface area contributed by atoms with Gasteiger partial charge in [0.2, 0.25) is 0 Å². The van der Waals surface area contributed by atoms with Crippen molar-refractivity contribution < 1.29 is 0 Å². The van der Waals surface area contributed by atoms with Gasteiger partial charge in [0.05, 0.1) is 0 Å². The van der Waals surface area contributed by atoms with Crippen LogP contribution in [0.3, 0.4) is 0 Å². The summed E-state index contributed by atoms with van der Waals surface area (Å²) in [7, 11) is 2.07. The van der Waals surface area contributed by atoms with Crippen LogP contribution in [0.5, 0.6) is 0 Å². The molecular formula is C18H30BrN. The third-order valence-electron chi connectivity index (χ3n) is 3.95. The van der Waals surface area contributed by atoms with Gasteiger partial charge in [-0.1, -0.05) is 86.4 Å². The highest BCUT2D eigenvalue weighted by Crippen LogP contribution is 2.23. The average Bonchev–Trinajstić information content (AvgIpc) is 2.46. The van der Waals surface area contributed by atoms with Gasteiger partial charge in [0.15, 0.2) is 0 Å². The molecule has 0 bridgehead atoms. The van der Waals surface area contributed by atoms with Gasteiger partial charge in [0, 0.05) is 10.5 Å². The van der Waals surface area contributed by atoms with E-state index in [0.717, 1.165) is 0 Å². The molecule has 20 heavy (non-hydrogen) atoms. The average molecular weight is 340 g/mol. The Balaban J connectivity index is 2.16. The quantitative estimate of drug-likeness (QED) is 0.470. The van der Waals surface area contributed by atoms with Crippen LogP contribution in [0.15, 0.2) is 28.7 Å². The number of hydrogen-bond donors (Lipinski definition) is 1. The van der Waals surface area contributed by atoms with Gasteiger partial charge >= 0.3 is 0 Å². The van der Waals surface area contributed by atoms with Gasteiger partial charge in [-0.3, -0.25) is 0 Å². The molecule has 2 heteroatoms. The van der Waals surface area contributed by atoms with Crippen molar-refractivity contribution in [1.29, 1.82) is 0 Å². The molecule has 114 valence electrons. The fourth-order valence-corrected chi connectivity index (χ4v) is 3.10. The molecule has 1 unspecified atom stereocenters. The Bertz CT molecular complexity index is 351. The van der Waals surface area contributed by atoms with Gasteiger partial charge in [-0.2, -0.15) is 0 Å². The van der Waals surface area contributed by atoms with Crippen LogP contribution in [0.1, 0.15) is 76.3 Å². The molecule has 1 nitrogen and oxygen atoms in total. The third kappa shape index (κ3) is 7.44. The molecule has 0 aliphatic heterocycles. The van der Waals surface area contributed by atoms with Crippen molar-refractivity contribution in [2.24, 2.45) is 0 Å². The van der Waals surface area contributed by atoms with Crippen LogP contribution >= 0.6 is 15.9 Å². The fraction of sp³-hybridized carbons (Fsp3) is 0.667. The molecule has 1 aromatic rings. The Kier molecular flexibility index (Phi) is 10.0. The monoisotopic (exact) mass is 339 g/mol. The van der Waals surface area contributed by atoms with E-state index < -0.39 is 0 Å². The predicted molar refractivity (Wildman–Crippen MR) is 93.2 cm³/mol. The molecule has 1 atom stereocenters. The molecule has 0 aromatic heterocycles. The Morgan fingerprint density at radius 2 is 1.65 bits per heavy atom. The number of hydrogen-bond acceptors (Lipinski definition) is 1. The van der Waals surface area contributed by atoms with Gasteiger partial charge in [-0.25, -0.2) is 0 Å². The summed E-state index contributed by atoms with van der Waals surface area (Å²) < 4.78 is 1.17. The van der Waals surface area contributed by atoms with Gasteiger partial charge in [0.25, 0.3) is 0 Å². The summed E-state index contributed by atoms with van der Waals surface area (Å²) >= 11 is 3.55. The maximum absolute atomic E-state index is 3.55. The zero-order chi connectivity index (χ0) is 14.6. The zero-order valence-electron chi connectivity index (χ0n) is 13.1. The number of benzene rings is 1. The minimum atomic E-state index is 0.493. The molecule has 0 heterocycles. The van der Waals surface area contributed by atoms with Crippen molar-refractivity contribution in [2.45, 2.75) is 70.8 Å². The topological polar surface area (TPSA) is 12.0 Å². The Morgan fingerprint density at radius 1 is 1.00 bits per heavy atom. The highest BCUT2D eigenvalue weighted by Gasteiger charge is 2.08. The number of rotatable bonds is 11. The van der Waals surface area contributed by atoms with Gasteiger partial charge in [-0.15, -0.1) is 0 Å². The lowest BCUT2D eigenvalue weighted by atomic mass is 9.99. The molecule has 0 amide bonds. The molecular weight excluding hydrogens is 310 g/mol. The SMILES string of the molecule is CCCCCCCCCCC(NC)c1cccc(Br)c1. The first-order valence-electron chi connectivity index (χ1n) is 8.20. The van der Waals surface area contributed by atoms with E-state index in [1.54, 1.807) is 0 Å². The Hall–Kier alpha value is -0.340. The van der Waals surface area contributed by atoms with Gasteiger partial charge in [-0.05, 0) is 31.2 Å². The van der Waals surface area contributed by atoms with Gasteiger partial charge < -0.3 is 5.32 Å². The summed E-state index contributed by atoms with van der Waals surface area (Å²) in [5, 5.41) is 3.44. The molecule has 0 aliphatic rings. The summed E-state index contributed by atoms with van der Waals surface area (Å²) in [4.78, 5) is 0. The third-order valence-corrected chi connectivity index (χ3v) is 4.44. The zero-order valence-corrected chi connectivity index (χ0v) is 14.7. The normalized spacial score (nSPS) is 12.6. The Morgan fingerprint density at radius 3 is 2.25 bits per heavy atom. The van der Waals surface area contributed by atoms with Crippen LogP contribution in [-0.4, -0.2) is 7.05 Å². The summed E-state index contributed by atoms with van der Waals surface area (Å²) in [5.41, 5.74) is 1.39. The van der Waals surface area contributed by atoms with Crippen LogP contribution in [0.4, 0.5) is 0 Å². The number of unbranched alkanes of at least 4 members (excludes halogenated alkanes) is 7. The lowest BCUT2D eigenvalue weighted by Crippen LogP contribution is -2.16. The van der Waals surface area contributed by atoms with E-state index >= 15 is 0 Å². The van der Waals surface area contributed by atoms with Crippen LogP contribution in [0, 0.1) is 0 Å². The van der Waals surface area contributed by atoms with E-state index in [1.807, 2.05) is 0 Å². The second kappa shape index (κ2) is 11.3. The summed E-state index contributed by atoms with van der Waals surface area (Å²) in [6, 6.07) is 9.15. The molecule has 1 aromatic carbocycles. The van der Waals surface area contributed by atoms with E-state index in [9.17, 15) is 0 Å². The molecule has 0 fully saturated rings. The molecule has 0 spiro atoms. The van der Waals surface area contributed by atoms with E-state index in [0.29, 0.717) is 6.04 Å². The maximum Gasteiger partial charge on any atom is 0.0317 e. The first kappa shape index (κ1) is 17.7. The molecule has 0 aliphatic carbocycles. The van der Waals surface area contributed by atoms with Crippen molar-refractivity contribution in [3.05, 3.63) is 34.3 Å². The highest BCUT2D eigenvalue weighted by molar-refractivity contribution is 9.10. The van der Waals surface area contributed by atoms with Crippen molar-refractivity contribution in [3.63, 3.8) is 0 Å². The lowest BCUT2D eigenvalue weighted by Gasteiger charge is -2.16. The second-order valence-electron chi connectivity index (χ2n) is 5.66. The minimum Gasteiger partial charge on any atom is -0.313 e. The first-order chi connectivity index (χ1) is 9.77. The van der Waals surface area contributed by atoms with E-state index in [2.05, 4.69) is 59.5 Å². The van der Waals surface area contributed by atoms with Gasteiger partial charge in [0.1, 0.15) is 0 Å². The van der Waals surface area contributed by atoms with Crippen molar-refractivity contribution in [2.75, 3.05) is 7.05 Å². The smallest absolute Gasteiger partial charge is 0.0317 e. The predicted octanol–water partition coefficient (Wildman–Crippen LogP) is 6.24. The molecule has 0 radical (unpaired) electrons.